The van der Waals surface area contributed by atoms with Gasteiger partial charge >= 0.3 is 0 Å². The van der Waals surface area contributed by atoms with Crippen molar-refractivity contribution < 1.29 is 8.42 Å². The molecule has 0 unspecified atom stereocenters. The van der Waals surface area contributed by atoms with Gasteiger partial charge in [-0.1, -0.05) is 41.4 Å². The molecule has 0 radical (unpaired) electrons. The van der Waals surface area contributed by atoms with Crippen LogP contribution in [0.25, 0.3) is 0 Å². The van der Waals surface area contributed by atoms with Gasteiger partial charge in [0.25, 0.3) is 9.05 Å². The van der Waals surface area contributed by atoms with E-state index in [2.05, 4.69) is 5.10 Å². The van der Waals surface area contributed by atoms with Crippen LogP contribution in [0, 0.1) is 6.92 Å². The number of halogens is 2. The molecule has 0 atom stereocenters. The average Bonchev–Trinajstić information content (AvgIpc) is 3.15. The Morgan fingerprint density at radius 1 is 1.38 bits per heavy atom. The van der Waals surface area contributed by atoms with Crippen molar-refractivity contribution in [2.45, 2.75) is 37.1 Å². The molecule has 1 aromatic heterocycles. The van der Waals surface area contributed by atoms with E-state index in [-0.39, 0.29) is 16.0 Å². The predicted molar refractivity (Wildman–Crippen MR) is 82.5 cm³/mol. The van der Waals surface area contributed by atoms with Crippen LogP contribution < -0.4 is 0 Å². The van der Waals surface area contributed by atoms with E-state index in [1.807, 2.05) is 31.2 Å². The second kappa shape index (κ2) is 5.30. The Hall–Kier alpha value is -1.04. The zero-order chi connectivity index (χ0) is 15.2. The molecule has 0 spiro atoms. The maximum absolute atomic E-state index is 11.8. The zero-order valence-corrected chi connectivity index (χ0v) is 13.7. The molecule has 1 heterocycles. The molecule has 0 bridgehead atoms. The summed E-state index contributed by atoms with van der Waals surface area (Å²) in [7, 11) is 1.62. The number of aryl methyl sites for hydroxylation is 1. The van der Waals surface area contributed by atoms with Gasteiger partial charge in [-0.15, -0.1) is 0 Å². The Morgan fingerprint density at radius 2 is 2.10 bits per heavy atom. The quantitative estimate of drug-likeness (QED) is 0.794. The molecule has 0 aliphatic heterocycles. The predicted octanol–water partition coefficient (Wildman–Crippen LogP) is 3.70. The van der Waals surface area contributed by atoms with Crippen molar-refractivity contribution in [2.24, 2.45) is 0 Å². The van der Waals surface area contributed by atoms with Gasteiger partial charge in [0.15, 0.2) is 0 Å². The summed E-state index contributed by atoms with van der Waals surface area (Å²) in [6, 6.07) is 7.92. The first-order chi connectivity index (χ1) is 9.86. The zero-order valence-electron chi connectivity index (χ0n) is 11.4. The lowest BCUT2D eigenvalue weighted by Crippen LogP contribution is -2.02. The second-order valence-electron chi connectivity index (χ2n) is 5.36. The molecule has 1 aliphatic rings. The van der Waals surface area contributed by atoms with Crippen LogP contribution in [0.5, 0.6) is 0 Å². The van der Waals surface area contributed by atoms with Gasteiger partial charge in [-0.05, 0) is 25.3 Å². The van der Waals surface area contributed by atoms with E-state index in [4.69, 9.17) is 22.3 Å². The summed E-state index contributed by atoms with van der Waals surface area (Å²) in [4.78, 5) is -0.0269. The van der Waals surface area contributed by atoms with Crippen molar-refractivity contribution in [1.82, 2.24) is 9.78 Å². The Kier molecular flexibility index (Phi) is 3.76. The summed E-state index contributed by atoms with van der Waals surface area (Å²) in [5, 5.41) is 4.48. The van der Waals surface area contributed by atoms with Crippen LogP contribution in [0.3, 0.4) is 0 Å². The van der Waals surface area contributed by atoms with Gasteiger partial charge in [-0.25, -0.2) is 13.1 Å². The van der Waals surface area contributed by atoms with E-state index >= 15 is 0 Å². The third-order valence-electron chi connectivity index (χ3n) is 3.50. The molecule has 1 aromatic carbocycles. The Bertz CT molecular complexity index is 795. The first-order valence-corrected chi connectivity index (χ1v) is 9.31. The van der Waals surface area contributed by atoms with Gasteiger partial charge in [-0.3, -0.25) is 0 Å². The minimum absolute atomic E-state index is 0.0269. The summed E-state index contributed by atoms with van der Waals surface area (Å²) in [6.07, 6.45) is 1.86. The van der Waals surface area contributed by atoms with Crippen LogP contribution >= 0.6 is 22.3 Å². The monoisotopic (exact) mass is 344 g/mol. The van der Waals surface area contributed by atoms with Crippen LogP contribution in [0.15, 0.2) is 29.2 Å². The van der Waals surface area contributed by atoms with Crippen LogP contribution in [0.1, 0.15) is 35.6 Å². The van der Waals surface area contributed by atoms with Gasteiger partial charge < -0.3 is 0 Å². The Morgan fingerprint density at radius 3 is 2.67 bits per heavy atom. The molecule has 112 valence electrons. The standard InChI is InChI=1S/C14H14Cl2N2O2S/c1-9-3-2-4-10(7-9)8-18-14(15)13(21(16,19)20)12(17-18)11-5-6-11/h2-4,7,11H,5-6,8H2,1H3. The molecular formula is C14H14Cl2N2O2S. The highest BCUT2D eigenvalue weighted by Gasteiger charge is 2.36. The van der Waals surface area contributed by atoms with E-state index in [9.17, 15) is 8.42 Å². The Labute approximate surface area is 133 Å². The van der Waals surface area contributed by atoms with Gasteiger partial charge in [0.05, 0.1) is 12.2 Å². The third kappa shape index (κ3) is 3.10. The number of rotatable bonds is 4. The van der Waals surface area contributed by atoms with Crippen LogP contribution in [-0.2, 0) is 15.6 Å². The summed E-state index contributed by atoms with van der Waals surface area (Å²) in [5.41, 5.74) is 2.64. The molecule has 4 nitrogen and oxygen atoms in total. The molecule has 0 amide bonds. The SMILES string of the molecule is Cc1cccc(Cn2nc(C3CC3)c(S(=O)(=O)Cl)c2Cl)c1. The largest absolute Gasteiger partial charge is 0.266 e. The minimum Gasteiger partial charge on any atom is -0.248 e. The van der Waals surface area contributed by atoms with E-state index in [1.165, 1.54) is 4.68 Å². The lowest BCUT2D eigenvalue weighted by atomic mass is 10.1. The number of nitrogens with zero attached hydrogens (tertiary/aromatic N) is 2. The molecule has 1 aliphatic carbocycles. The van der Waals surface area contributed by atoms with Crippen molar-refractivity contribution >= 4 is 31.3 Å². The van der Waals surface area contributed by atoms with Crippen molar-refractivity contribution in [2.75, 3.05) is 0 Å². The molecule has 7 heteroatoms. The van der Waals surface area contributed by atoms with Crippen molar-refractivity contribution in [1.29, 1.82) is 0 Å². The summed E-state index contributed by atoms with van der Waals surface area (Å²) < 4.78 is 25.0. The number of hydrogen-bond donors (Lipinski definition) is 0. The van der Waals surface area contributed by atoms with Crippen LogP contribution in [0.2, 0.25) is 5.15 Å². The minimum atomic E-state index is -3.89. The highest BCUT2D eigenvalue weighted by Crippen LogP contribution is 2.45. The molecule has 2 aromatic rings. The maximum Gasteiger partial charge on any atom is 0.266 e. The number of aromatic nitrogens is 2. The fourth-order valence-electron chi connectivity index (χ4n) is 2.38. The second-order valence-corrected chi connectivity index (χ2v) is 8.22. The van der Waals surface area contributed by atoms with Crippen molar-refractivity contribution in [3.63, 3.8) is 0 Å². The summed E-state index contributed by atoms with van der Waals surface area (Å²) in [6.45, 7) is 2.42. The topological polar surface area (TPSA) is 52.0 Å². The maximum atomic E-state index is 11.8. The number of hydrogen-bond acceptors (Lipinski definition) is 3. The first kappa shape index (κ1) is 14.9. The van der Waals surface area contributed by atoms with E-state index in [1.54, 1.807) is 0 Å². The molecule has 1 saturated carbocycles. The highest BCUT2D eigenvalue weighted by atomic mass is 35.7. The van der Waals surface area contributed by atoms with Crippen molar-refractivity contribution in [3.8, 4) is 0 Å². The lowest BCUT2D eigenvalue weighted by molar-refractivity contribution is 0.608. The van der Waals surface area contributed by atoms with Crippen LogP contribution in [-0.4, -0.2) is 18.2 Å². The van der Waals surface area contributed by atoms with E-state index < -0.39 is 9.05 Å². The molecule has 0 N–H and O–H groups in total. The summed E-state index contributed by atoms with van der Waals surface area (Å²) in [5.74, 6) is 0.157. The van der Waals surface area contributed by atoms with Crippen LogP contribution in [0.4, 0.5) is 0 Å². The van der Waals surface area contributed by atoms with Gasteiger partial charge in [-0.2, -0.15) is 5.10 Å². The lowest BCUT2D eigenvalue weighted by Gasteiger charge is -2.04. The normalized spacial score (nSPS) is 15.4. The third-order valence-corrected chi connectivity index (χ3v) is 5.35. The van der Waals surface area contributed by atoms with Gasteiger partial charge in [0.2, 0.25) is 0 Å². The van der Waals surface area contributed by atoms with Crippen molar-refractivity contribution in [3.05, 3.63) is 46.2 Å². The fraction of sp³-hybridized carbons (Fsp3) is 0.357. The molecular weight excluding hydrogens is 331 g/mol. The molecule has 21 heavy (non-hydrogen) atoms. The van der Waals surface area contributed by atoms with E-state index in [0.717, 1.165) is 24.0 Å². The highest BCUT2D eigenvalue weighted by molar-refractivity contribution is 8.13. The number of benzene rings is 1. The Balaban J connectivity index is 2.04. The average molecular weight is 345 g/mol. The fourth-order valence-corrected chi connectivity index (χ4v) is 4.22. The van der Waals surface area contributed by atoms with Gasteiger partial charge in [0.1, 0.15) is 10.0 Å². The summed E-state index contributed by atoms with van der Waals surface area (Å²) >= 11 is 6.21. The molecule has 1 fully saturated rings. The van der Waals surface area contributed by atoms with E-state index in [0.29, 0.717) is 12.2 Å². The molecule has 0 saturated heterocycles. The molecule has 3 rings (SSSR count). The first-order valence-electron chi connectivity index (χ1n) is 6.62. The smallest absolute Gasteiger partial charge is 0.248 e. The van der Waals surface area contributed by atoms with Gasteiger partial charge in [0, 0.05) is 16.6 Å².